The van der Waals surface area contributed by atoms with Gasteiger partial charge in [-0.1, -0.05) is 53.4 Å². The van der Waals surface area contributed by atoms with Crippen molar-refractivity contribution >= 4 is 11.8 Å². The fourth-order valence-electron chi connectivity index (χ4n) is 3.76. The molecule has 2 aliphatic rings. The zero-order valence-corrected chi connectivity index (χ0v) is 13.9. The van der Waals surface area contributed by atoms with Crippen molar-refractivity contribution in [2.45, 2.75) is 90.8 Å². The van der Waals surface area contributed by atoms with Gasteiger partial charge in [-0.2, -0.15) is 0 Å². The van der Waals surface area contributed by atoms with Crippen LogP contribution in [0.5, 0.6) is 0 Å². The van der Waals surface area contributed by atoms with E-state index in [0.717, 1.165) is 12.8 Å². The Morgan fingerprint density at radius 1 is 1.10 bits per heavy atom. The quantitative estimate of drug-likeness (QED) is 0.796. The minimum atomic E-state index is -0.337. The van der Waals surface area contributed by atoms with Crippen molar-refractivity contribution in [1.29, 1.82) is 0 Å². The molecule has 1 N–H and O–H groups in total. The molecular weight excluding hydrogens is 264 g/mol. The number of hydrogen-bond donors (Lipinski definition) is 1. The highest BCUT2D eigenvalue weighted by Crippen LogP contribution is 2.33. The van der Waals surface area contributed by atoms with Crippen LogP contribution in [0, 0.1) is 5.41 Å². The fraction of sp³-hybridized carbons (Fsp3) is 0.882. The number of amides is 2. The maximum atomic E-state index is 12.9. The van der Waals surface area contributed by atoms with Gasteiger partial charge in [0.1, 0.15) is 12.1 Å². The smallest absolute Gasteiger partial charge is 0.246 e. The van der Waals surface area contributed by atoms with E-state index in [0.29, 0.717) is 6.42 Å². The van der Waals surface area contributed by atoms with Gasteiger partial charge in [-0.3, -0.25) is 9.59 Å². The van der Waals surface area contributed by atoms with Crippen LogP contribution in [0.1, 0.15) is 72.6 Å². The van der Waals surface area contributed by atoms with Gasteiger partial charge in [0.25, 0.3) is 0 Å². The number of hydrogen-bond acceptors (Lipinski definition) is 2. The number of piperazine rings is 1. The molecular formula is C17H30N2O2. The van der Waals surface area contributed by atoms with Crippen LogP contribution in [0.3, 0.4) is 0 Å². The maximum absolute atomic E-state index is 12.9. The summed E-state index contributed by atoms with van der Waals surface area (Å²) in [5.74, 6) is 0.155. The first kappa shape index (κ1) is 16.3. The molecule has 2 amide bonds. The van der Waals surface area contributed by atoms with E-state index in [4.69, 9.17) is 0 Å². The van der Waals surface area contributed by atoms with Gasteiger partial charge in [0.15, 0.2) is 0 Å². The number of rotatable bonds is 2. The van der Waals surface area contributed by atoms with Crippen molar-refractivity contribution in [1.82, 2.24) is 10.2 Å². The van der Waals surface area contributed by atoms with E-state index in [1.165, 1.54) is 25.7 Å². The van der Waals surface area contributed by atoms with Crippen LogP contribution < -0.4 is 5.32 Å². The molecule has 0 aromatic carbocycles. The summed E-state index contributed by atoms with van der Waals surface area (Å²) in [6, 6.07) is -0.431. The summed E-state index contributed by atoms with van der Waals surface area (Å²) < 4.78 is 0. The second-order valence-electron chi connectivity index (χ2n) is 7.63. The third-order valence-electron chi connectivity index (χ3n) is 4.84. The molecule has 1 saturated carbocycles. The van der Waals surface area contributed by atoms with E-state index < -0.39 is 0 Å². The third-order valence-corrected chi connectivity index (χ3v) is 4.84. The Morgan fingerprint density at radius 2 is 1.67 bits per heavy atom. The second-order valence-corrected chi connectivity index (χ2v) is 7.63. The van der Waals surface area contributed by atoms with Crippen LogP contribution in [0.15, 0.2) is 0 Å². The Bertz CT molecular complexity index is 392. The lowest BCUT2D eigenvalue weighted by atomic mass is 9.81. The molecule has 4 heteroatoms. The Morgan fingerprint density at radius 3 is 2.14 bits per heavy atom. The van der Waals surface area contributed by atoms with E-state index in [9.17, 15) is 9.59 Å². The molecule has 2 fully saturated rings. The van der Waals surface area contributed by atoms with Gasteiger partial charge in [0.05, 0.1) is 0 Å². The highest BCUT2D eigenvalue weighted by molar-refractivity contribution is 5.97. The number of carbonyl (C=O) groups excluding carboxylic acids is 2. The average molecular weight is 294 g/mol. The van der Waals surface area contributed by atoms with Gasteiger partial charge in [0.2, 0.25) is 11.8 Å². The van der Waals surface area contributed by atoms with Crippen LogP contribution in [-0.4, -0.2) is 34.8 Å². The third kappa shape index (κ3) is 3.41. The monoisotopic (exact) mass is 294 g/mol. The van der Waals surface area contributed by atoms with E-state index in [1.807, 2.05) is 11.8 Å². The van der Waals surface area contributed by atoms with E-state index in [-0.39, 0.29) is 35.4 Å². The van der Waals surface area contributed by atoms with E-state index >= 15 is 0 Å². The molecule has 1 aliphatic heterocycles. The Labute approximate surface area is 128 Å². The predicted octanol–water partition coefficient (Wildman–Crippen LogP) is 2.86. The van der Waals surface area contributed by atoms with Crippen molar-refractivity contribution in [3.63, 3.8) is 0 Å². The first-order valence-electron chi connectivity index (χ1n) is 8.48. The lowest BCUT2D eigenvalue weighted by Crippen LogP contribution is -2.68. The van der Waals surface area contributed by atoms with Crippen molar-refractivity contribution in [2.24, 2.45) is 5.41 Å². The van der Waals surface area contributed by atoms with Crippen molar-refractivity contribution in [2.75, 3.05) is 0 Å². The first-order valence-corrected chi connectivity index (χ1v) is 8.48. The van der Waals surface area contributed by atoms with Gasteiger partial charge in [-0.15, -0.1) is 0 Å². The van der Waals surface area contributed by atoms with Crippen molar-refractivity contribution < 1.29 is 9.59 Å². The minimum Gasteiger partial charge on any atom is -0.342 e. The minimum absolute atomic E-state index is 0.0261. The molecule has 4 nitrogen and oxygen atoms in total. The highest BCUT2D eigenvalue weighted by atomic mass is 16.2. The molecule has 0 bridgehead atoms. The molecule has 0 aromatic rings. The lowest BCUT2D eigenvalue weighted by molar-refractivity contribution is -0.157. The molecule has 0 spiro atoms. The van der Waals surface area contributed by atoms with E-state index in [1.54, 1.807) is 0 Å². The van der Waals surface area contributed by atoms with Crippen LogP contribution in [0.4, 0.5) is 0 Å². The molecule has 0 aromatic heterocycles. The van der Waals surface area contributed by atoms with E-state index in [2.05, 4.69) is 26.1 Å². The topological polar surface area (TPSA) is 49.4 Å². The zero-order chi connectivity index (χ0) is 15.6. The Hall–Kier alpha value is -1.06. The van der Waals surface area contributed by atoms with Gasteiger partial charge in [0, 0.05) is 6.04 Å². The van der Waals surface area contributed by atoms with Gasteiger partial charge in [-0.25, -0.2) is 0 Å². The summed E-state index contributed by atoms with van der Waals surface area (Å²) >= 11 is 0. The van der Waals surface area contributed by atoms with Crippen LogP contribution in [-0.2, 0) is 9.59 Å². The highest BCUT2D eigenvalue weighted by Gasteiger charge is 2.47. The summed E-state index contributed by atoms with van der Waals surface area (Å²) in [6.07, 6.45) is 7.60. The molecule has 0 radical (unpaired) electrons. The van der Waals surface area contributed by atoms with Crippen molar-refractivity contribution in [3.8, 4) is 0 Å². The largest absolute Gasteiger partial charge is 0.342 e. The molecule has 2 unspecified atom stereocenters. The summed E-state index contributed by atoms with van der Waals surface area (Å²) in [5, 5.41) is 2.93. The van der Waals surface area contributed by atoms with Crippen LogP contribution in [0.25, 0.3) is 0 Å². The second kappa shape index (κ2) is 6.37. The Kier molecular flexibility index (Phi) is 4.95. The van der Waals surface area contributed by atoms with Crippen molar-refractivity contribution in [3.05, 3.63) is 0 Å². The molecule has 1 aliphatic carbocycles. The number of nitrogens with zero attached hydrogens (tertiary/aromatic N) is 1. The summed E-state index contributed by atoms with van der Waals surface area (Å²) in [5.41, 5.74) is -0.231. The molecule has 2 atom stereocenters. The number of carbonyl (C=O) groups is 2. The van der Waals surface area contributed by atoms with Gasteiger partial charge in [-0.05, 0) is 24.7 Å². The maximum Gasteiger partial charge on any atom is 0.246 e. The fourth-order valence-corrected chi connectivity index (χ4v) is 3.76. The standard InChI is InChI=1S/C17H30N2O2/c1-5-13-16(21)19(12-10-8-6-7-9-11-12)14(15(20)18-13)17(2,3)4/h12-14H,5-11H2,1-4H3,(H,18,20). The molecule has 1 saturated heterocycles. The Balaban J connectivity index is 2.32. The molecule has 1 heterocycles. The SMILES string of the molecule is CCC1NC(=O)C(C(C)(C)C)N(C2CCCCCC2)C1=O. The summed E-state index contributed by atoms with van der Waals surface area (Å²) in [7, 11) is 0. The lowest BCUT2D eigenvalue weighted by Gasteiger charge is -2.48. The van der Waals surface area contributed by atoms with Gasteiger partial charge < -0.3 is 10.2 Å². The van der Waals surface area contributed by atoms with Crippen LogP contribution >= 0.6 is 0 Å². The average Bonchev–Trinajstić information content (AvgIpc) is 2.67. The zero-order valence-electron chi connectivity index (χ0n) is 13.9. The predicted molar refractivity (Wildman–Crippen MR) is 83.8 cm³/mol. The summed E-state index contributed by atoms with van der Waals surface area (Å²) in [6.45, 7) is 8.13. The first-order chi connectivity index (χ1) is 9.86. The molecule has 120 valence electrons. The normalized spacial score (nSPS) is 29.2. The van der Waals surface area contributed by atoms with Gasteiger partial charge >= 0.3 is 0 Å². The molecule has 2 rings (SSSR count). The summed E-state index contributed by atoms with van der Waals surface area (Å²) in [4.78, 5) is 27.4. The molecule has 21 heavy (non-hydrogen) atoms. The number of nitrogens with one attached hydrogen (secondary N) is 1. The van der Waals surface area contributed by atoms with Crippen LogP contribution in [0.2, 0.25) is 0 Å².